The van der Waals surface area contributed by atoms with Crippen molar-refractivity contribution in [3.05, 3.63) is 78.9 Å². The predicted octanol–water partition coefficient (Wildman–Crippen LogP) is -7.93. The zero-order valence-corrected chi connectivity index (χ0v) is 25.2. The normalized spacial score (nSPS) is 11.0. The Kier molecular flexibility index (Phi) is 13.4. The second-order valence-corrected chi connectivity index (χ2v) is 10.5. The van der Waals surface area contributed by atoms with E-state index in [-0.39, 0.29) is 98.5 Å². The third-order valence-electron chi connectivity index (χ3n) is 3.73. The molecule has 30 heavy (non-hydrogen) atoms. The van der Waals surface area contributed by atoms with Crippen LogP contribution in [0.3, 0.4) is 0 Å². The molecule has 0 spiro atoms. The largest absolute Gasteiger partial charge is 1.00 e. The van der Waals surface area contributed by atoms with Crippen molar-refractivity contribution in [2.24, 2.45) is 0 Å². The molecule has 3 rings (SSSR count). The summed E-state index contributed by atoms with van der Waals surface area (Å²) >= 11 is 0. The molecule has 0 aliphatic carbocycles. The molecule has 0 aromatic heterocycles. The van der Waals surface area contributed by atoms with Crippen LogP contribution in [0.4, 0.5) is 0 Å². The Morgan fingerprint density at radius 3 is 1.17 bits per heavy atom. The van der Waals surface area contributed by atoms with Crippen LogP contribution in [0.5, 0.6) is 0 Å². The number of benzene rings is 3. The van der Waals surface area contributed by atoms with Gasteiger partial charge in [0.1, 0.15) is 20.2 Å². The molecule has 0 amide bonds. The molecule has 6 nitrogen and oxygen atoms in total. The van der Waals surface area contributed by atoms with Gasteiger partial charge in [-0.1, -0.05) is 24.3 Å². The van der Waals surface area contributed by atoms with Crippen molar-refractivity contribution in [2.75, 3.05) is 0 Å². The molecule has 12 heteroatoms. The van der Waals surface area contributed by atoms with Gasteiger partial charge in [0, 0.05) is 0 Å². The molecule has 0 heterocycles. The maximum Gasteiger partial charge on any atom is 1.00 e. The maximum atomic E-state index is 11.1. The topological polar surface area (TPSA) is 114 Å². The quantitative estimate of drug-likeness (QED) is 0.153. The fourth-order valence-corrected chi connectivity index (χ4v) is 5.67. The first-order valence-electron chi connectivity index (χ1n) is 7.54. The van der Waals surface area contributed by atoms with Crippen LogP contribution in [0, 0.1) is 6.07 Å². The van der Waals surface area contributed by atoms with Crippen molar-refractivity contribution in [3.8, 4) is 0 Å². The smallest absolute Gasteiger partial charge is 0.744 e. The van der Waals surface area contributed by atoms with E-state index < -0.39 is 28.2 Å². The van der Waals surface area contributed by atoms with Gasteiger partial charge < -0.3 is 9.11 Å². The molecule has 0 bridgehead atoms. The minimum absolute atomic E-state index is 0. The molecule has 140 valence electrons. The van der Waals surface area contributed by atoms with E-state index in [0.29, 0.717) is 0 Å². The average molecular weight is 488 g/mol. The van der Waals surface area contributed by atoms with Crippen LogP contribution in [0.15, 0.2) is 82.6 Å². The molecule has 0 aliphatic heterocycles. The summed E-state index contributed by atoms with van der Waals surface area (Å²) in [6.45, 7) is 0. The molecule has 0 fully saturated rings. The summed E-state index contributed by atoms with van der Waals surface area (Å²) in [5.41, 5.74) is 0. The van der Waals surface area contributed by atoms with Crippen molar-refractivity contribution in [1.29, 1.82) is 0 Å². The van der Waals surface area contributed by atoms with Crippen LogP contribution >= 0.6 is 7.92 Å². The molecule has 0 saturated heterocycles. The zero-order valence-electron chi connectivity index (χ0n) is 16.6. The molecule has 0 unspecified atom stereocenters. The van der Waals surface area contributed by atoms with Crippen LogP contribution in [0.25, 0.3) is 0 Å². The zero-order chi connectivity index (χ0) is 19.7. The van der Waals surface area contributed by atoms with E-state index in [1.807, 2.05) is 12.1 Å². The number of hydrogen-bond acceptors (Lipinski definition) is 6. The van der Waals surface area contributed by atoms with Gasteiger partial charge in [-0.25, -0.2) is 16.8 Å². The summed E-state index contributed by atoms with van der Waals surface area (Å²) in [6.07, 6.45) is 0. The van der Waals surface area contributed by atoms with Gasteiger partial charge in [0.15, 0.2) is 0 Å². The van der Waals surface area contributed by atoms with E-state index >= 15 is 0 Å². The van der Waals surface area contributed by atoms with E-state index in [1.165, 1.54) is 24.3 Å². The van der Waals surface area contributed by atoms with Crippen molar-refractivity contribution in [2.45, 2.75) is 9.79 Å². The molecular formula is C18H12Na3O6PS2. The first kappa shape index (κ1) is 30.9. The van der Waals surface area contributed by atoms with Gasteiger partial charge in [-0.2, -0.15) is 30.3 Å². The minimum atomic E-state index is -4.55. The van der Waals surface area contributed by atoms with E-state index in [4.69, 9.17) is 0 Å². The van der Waals surface area contributed by atoms with Gasteiger partial charge in [-0.05, 0) is 42.8 Å². The summed E-state index contributed by atoms with van der Waals surface area (Å²) in [5, 5.41) is 2.45. The van der Waals surface area contributed by atoms with Crippen LogP contribution < -0.4 is 105 Å². The predicted molar refractivity (Wildman–Crippen MR) is 99.9 cm³/mol. The second kappa shape index (κ2) is 13.0. The summed E-state index contributed by atoms with van der Waals surface area (Å²) in [7, 11) is -10.2. The van der Waals surface area contributed by atoms with Gasteiger partial charge in [-0.3, -0.25) is 0 Å². The Bertz CT molecular complexity index is 1080. The van der Waals surface area contributed by atoms with E-state index in [2.05, 4.69) is 6.07 Å². The fourth-order valence-electron chi connectivity index (χ4n) is 2.50. The van der Waals surface area contributed by atoms with Crippen LogP contribution in [0.2, 0.25) is 0 Å². The average Bonchev–Trinajstić information content (AvgIpc) is 2.62. The van der Waals surface area contributed by atoms with Crippen molar-refractivity contribution < 1.29 is 115 Å². The van der Waals surface area contributed by atoms with Gasteiger partial charge in [0.05, 0.1) is 9.79 Å². The first-order chi connectivity index (χ1) is 12.7. The Hall–Kier alpha value is 0.910. The molecule has 0 radical (unpaired) electrons. The standard InChI is InChI=1S/C18H14O6PS2.3Na/c19-26(20,21)17-10-6-15(7-11-17)25(14-4-2-1-3-5-14)16-8-12-18(13-9-16)27(22,23)24;;;/h2-13H,(H,19,20,21)(H,22,23,24);;;/q-1;3*+1/p-2. The SMILES string of the molecule is O=S(=O)([O-])c1ccc(P(c2cc[c-]cc2)c2ccc(S(=O)(=O)[O-])cc2)cc1.[Na+].[Na+].[Na+]. The number of rotatable bonds is 5. The van der Waals surface area contributed by atoms with Gasteiger partial charge in [0.25, 0.3) is 0 Å². The van der Waals surface area contributed by atoms with Gasteiger partial charge >= 0.3 is 88.7 Å². The van der Waals surface area contributed by atoms with Crippen molar-refractivity contribution >= 4 is 44.1 Å². The maximum absolute atomic E-state index is 11.1. The second-order valence-electron chi connectivity index (χ2n) is 5.49. The van der Waals surface area contributed by atoms with E-state index in [1.54, 1.807) is 36.4 Å². The van der Waals surface area contributed by atoms with Gasteiger partial charge in [-0.15, -0.1) is 5.30 Å². The molecule has 3 aromatic rings. The molecule has 0 atom stereocenters. The van der Waals surface area contributed by atoms with Crippen LogP contribution in [-0.4, -0.2) is 25.9 Å². The summed E-state index contributed by atoms with van der Waals surface area (Å²) in [4.78, 5) is -0.647. The molecule has 0 saturated carbocycles. The Balaban J connectivity index is 0.00000280. The van der Waals surface area contributed by atoms with Crippen LogP contribution in [0.1, 0.15) is 0 Å². The fraction of sp³-hybridized carbons (Fsp3) is 0. The van der Waals surface area contributed by atoms with Crippen molar-refractivity contribution in [3.63, 3.8) is 0 Å². The summed E-state index contributed by atoms with van der Waals surface area (Å²) in [6, 6.07) is 21.3. The molecule has 0 aliphatic rings. The minimum Gasteiger partial charge on any atom is -0.744 e. The number of hydrogen-bond donors (Lipinski definition) is 0. The summed E-state index contributed by atoms with van der Waals surface area (Å²) < 4.78 is 66.9. The Morgan fingerprint density at radius 2 is 0.867 bits per heavy atom. The third-order valence-corrected chi connectivity index (χ3v) is 7.87. The first-order valence-corrected chi connectivity index (χ1v) is 11.7. The molecule has 0 N–H and O–H groups in total. The Morgan fingerprint density at radius 1 is 0.567 bits per heavy atom. The Labute approximate surface area is 244 Å². The van der Waals surface area contributed by atoms with Crippen LogP contribution in [-0.2, 0) is 20.2 Å². The summed E-state index contributed by atoms with van der Waals surface area (Å²) in [5.74, 6) is 0. The monoisotopic (exact) mass is 488 g/mol. The molecule has 3 aromatic carbocycles. The third kappa shape index (κ3) is 8.04. The molecular weight excluding hydrogens is 476 g/mol. The van der Waals surface area contributed by atoms with E-state index in [0.717, 1.165) is 15.9 Å². The van der Waals surface area contributed by atoms with E-state index in [9.17, 15) is 25.9 Å². The van der Waals surface area contributed by atoms with Crippen molar-refractivity contribution in [1.82, 2.24) is 0 Å². The van der Waals surface area contributed by atoms with Gasteiger partial charge in [0.2, 0.25) is 0 Å².